The molecular weight excluding hydrogens is 308 g/mol. The summed E-state index contributed by atoms with van der Waals surface area (Å²) in [7, 11) is 0. The minimum atomic E-state index is -1.19. The Bertz CT molecular complexity index is 558. The Morgan fingerprint density at radius 3 is 2.30 bits per heavy atom. The lowest BCUT2D eigenvalue weighted by Gasteiger charge is -2.11. The van der Waals surface area contributed by atoms with Crippen LogP contribution < -0.4 is 21.7 Å². The number of carbonyl (C=O) groups is 4. The standard InChI is InChI=1S/C12H18N6O5/c13-8(1-7-2-14-6-18-7)12(23)17-4-10(20)15-3-9(19)16-5-11(21)22/h2,6,8H,1,3-5,13H2,(H,14,18)(H,15,20)(H,16,19)(H,17,23)(H,21,22). The molecule has 11 nitrogen and oxygen atoms in total. The molecule has 0 fully saturated rings. The van der Waals surface area contributed by atoms with E-state index < -0.39 is 36.3 Å². The molecule has 0 radical (unpaired) electrons. The molecule has 0 saturated heterocycles. The van der Waals surface area contributed by atoms with Crippen LogP contribution in [0.1, 0.15) is 5.69 Å². The number of aliphatic carboxylic acids is 1. The van der Waals surface area contributed by atoms with Gasteiger partial charge >= 0.3 is 5.97 Å². The third kappa shape index (κ3) is 7.57. The number of aromatic amines is 1. The van der Waals surface area contributed by atoms with Crippen molar-refractivity contribution in [1.82, 2.24) is 25.9 Å². The van der Waals surface area contributed by atoms with Gasteiger partial charge in [-0.05, 0) is 0 Å². The number of carboxylic acids is 1. The van der Waals surface area contributed by atoms with Gasteiger partial charge in [-0.1, -0.05) is 0 Å². The Kier molecular flexibility index (Phi) is 7.20. The third-order valence-corrected chi connectivity index (χ3v) is 2.64. The molecule has 0 spiro atoms. The summed E-state index contributed by atoms with van der Waals surface area (Å²) in [4.78, 5) is 51.1. The summed E-state index contributed by atoms with van der Waals surface area (Å²) >= 11 is 0. The van der Waals surface area contributed by atoms with Crippen LogP contribution in [0.25, 0.3) is 0 Å². The molecule has 0 saturated carbocycles. The van der Waals surface area contributed by atoms with Gasteiger partial charge in [-0.25, -0.2) is 4.98 Å². The minimum absolute atomic E-state index is 0.241. The molecule has 126 valence electrons. The summed E-state index contributed by atoms with van der Waals surface area (Å²) in [6.07, 6.45) is 3.24. The molecule has 0 aliphatic carbocycles. The fourth-order valence-electron chi connectivity index (χ4n) is 1.50. The van der Waals surface area contributed by atoms with Crippen molar-refractivity contribution in [3.05, 3.63) is 18.2 Å². The zero-order valence-electron chi connectivity index (χ0n) is 12.2. The quantitative estimate of drug-likeness (QED) is 0.275. The predicted molar refractivity (Wildman–Crippen MR) is 76.9 cm³/mol. The first kappa shape index (κ1) is 18.1. The SMILES string of the molecule is NC(Cc1cnc[nH]1)C(=O)NCC(=O)NCC(=O)NCC(=O)O. The number of amides is 3. The van der Waals surface area contributed by atoms with E-state index in [0.29, 0.717) is 5.69 Å². The number of nitrogens with zero attached hydrogens (tertiary/aromatic N) is 1. The zero-order chi connectivity index (χ0) is 17.2. The van der Waals surface area contributed by atoms with E-state index in [-0.39, 0.29) is 19.5 Å². The highest BCUT2D eigenvalue weighted by molar-refractivity contribution is 5.90. The van der Waals surface area contributed by atoms with Crippen LogP contribution in [0.15, 0.2) is 12.5 Å². The summed E-state index contributed by atoms with van der Waals surface area (Å²) in [6.45, 7) is -1.27. The smallest absolute Gasteiger partial charge is 0.322 e. The molecular formula is C12H18N6O5. The summed E-state index contributed by atoms with van der Waals surface area (Å²) in [5, 5.41) is 15.0. The Labute approximate surface area is 131 Å². The van der Waals surface area contributed by atoms with Crippen molar-refractivity contribution >= 4 is 23.7 Å². The van der Waals surface area contributed by atoms with Gasteiger partial charge < -0.3 is 31.8 Å². The van der Waals surface area contributed by atoms with Crippen molar-refractivity contribution in [2.75, 3.05) is 19.6 Å². The van der Waals surface area contributed by atoms with E-state index in [9.17, 15) is 19.2 Å². The molecule has 1 unspecified atom stereocenters. The molecule has 0 aliphatic rings. The number of imidazole rings is 1. The van der Waals surface area contributed by atoms with E-state index in [2.05, 4.69) is 25.9 Å². The van der Waals surface area contributed by atoms with Crippen LogP contribution in [0.3, 0.4) is 0 Å². The van der Waals surface area contributed by atoms with Crippen molar-refractivity contribution in [3.8, 4) is 0 Å². The molecule has 0 aromatic carbocycles. The third-order valence-electron chi connectivity index (χ3n) is 2.64. The van der Waals surface area contributed by atoms with E-state index in [1.54, 1.807) is 0 Å². The molecule has 1 heterocycles. The number of hydrogen-bond donors (Lipinski definition) is 6. The highest BCUT2D eigenvalue weighted by Gasteiger charge is 2.15. The lowest BCUT2D eigenvalue weighted by molar-refractivity contribution is -0.137. The van der Waals surface area contributed by atoms with Gasteiger partial charge in [0.15, 0.2) is 0 Å². The summed E-state index contributed by atoms with van der Waals surface area (Å²) in [6, 6.07) is -0.845. The van der Waals surface area contributed by atoms with Crippen LogP contribution in [0.5, 0.6) is 0 Å². The first-order valence-electron chi connectivity index (χ1n) is 6.64. The maximum Gasteiger partial charge on any atom is 0.322 e. The van der Waals surface area contributed by atoms with Crippen molar-refractivity contribution in [1.29, 1.82) is 0 Å². The molecule has 1 aromatic heterocycles. The van der Waals surface area contributed by atoms with Crippen molar-refractivity contribution in [3.63, 3.8) is 0 Å². The van der Waals surface area contributed by atoms with E-state index in [1.807, 2.05) is 0 Å². The van der Waals surface area contributed by atoms with Crippen LogP contribution in [-0.4, -0.2) is 64.4 Å². The lowest BCUT2D eigenvalue weighted by Crippen LogP contribution is -2.47. The number of rotatable bonds is 9. The first-order valence-corrected chi connectivity index (χ1v) is 6.64. The second kappa shape index (κ2) is 9.15. The summed E-state index contributed by atoms with van der Waals surface area (Å²) in [5.41, 5.74) is 6.36. The van der Waals surface area contributed by atoms with Crippen molar-refractivity contribution in [2.24, 2.45) is 5.73 Å². The van der Waals surface area contributed by atoms with Crippen molar-refractivity contribution < 1.29 is 24.3 Å². The zero-order valence-corrected chi connectivity index (χ0v) is 12.2. The van der Waals surface area contributed by atoms with Crippen LogP contribution in [0.4, 0.5) is 0 Å². The van der Waals surface area contributed by atoms with Crippen molar-refractivity contribution in [2.45, 2.75) is 12.5 Å². The van der Waals surface area contributed by atoms with Gasteiger partial charge in [0.25, 0.3) is 0 Å². The molecule has 0 bridgehead atoms. The maximum atomic E-state index is 11.7. The fourth-order valence-corrected chi connectivity index (χ4v) is 1.50. The maximum absolute atomic E-state index is 11.7. The van der Waals surface area contributed by atoms with Crippen LogP contribution in [-0.2, 0) is 25.6 Å². The molecule has 3 amide bonds. The molecule has 1 rings (SSSR count). The Hall–Kier alpha value is -2.95. The molecule has 1 atom stereocenters. The molecule has 23 heavy (non-hydrogen) atoms. The highest BCUT2D eigenvalue weighted by Crippen LogP contribution is 1.95. The Morgan fingerprint density at radius 1 is 1.13 bits per heavy atom. The number of aromatic nitrogens is 2. The number of carbonyl (C=O) groups excluding carboxylic acids is 3. The second-order valence-electron chi connectivity index (χ2n) is 4.55. The number of carboxylic acid groups (broad SMARTS) is 1. The van der Waals surface area contributed by atoms with Gasteiger partial charge in [-0.3, -0.25) is 19.2 Å². The number of H-pyrrole nitrogens is 1. The van der Waals surface area contributed by atoms with Gasteiger partial charge in [0.1, 0.15) is 6.54 Å². The largest absolute Gasteiger partial charge is 0.480 e. The van der Waals surface area contributed by atoms with E-state index in [1.165, 1.54) is 12.5 Å². The highest BCUT2D eigenvalue weighted by atomic mass is 16.4. The summed E-state index contributed by atoms with van der Waals surface area (Å²) < 4.78 is 0. The Balaban J connectivity index is 2.20. The van der Waals surface area contributed by atoms with E-state index >= 15 is 0 Å². The van der Waals surface area contributed by atoms with Gasteiger partial charge in [0.2, 0.25) is 17.7 Å². The van der Waals surface area contributed by atoms with Gasteiger partial charge in [-0.2, -0.15) is 0 Å². The first-order chi connectivity index (χ1) is 10.9. The van der Waals surface area contributed by atoms with E-state index in [0.717, 1.165) is 0 Å². The van der Waals surface area contributed by atoms with Crippen LogP contribution >= 0.6 is 0 Å². The normalized spacial score (nSPS) is 11.3. The molecule has 0 aliphatic heterocycles. The number of hydrogen-bond acceptors (Lipinski definition) is 6. The number of nitrogens with one attached hydrogen (secondary N) is 4. The minimum Gasteiger partial charge on any atom is -0.480 e. The average Bonchev–Trinajstić information content (AvgIpc) is 3.01. The number of nitrogens with two attached hydrogens (primary N) is 1. The van der Waals surface area contributed by atoms with Crippen LogP contribution in [0, 0.1) is 0 Å². The van der Waals surface area contributed by atoms with Crippen LogP contribution in [0.2, 0.25) is 0 Å². The fraction of sp³-hybridized carbons (Fsp3) is 0.417. The molecule has 1 aromatic rings. The topological polar surface area (TPSA) is 179 Å². The van der Waals surface area contributed by atoms with Gasteiger partial charge in [0.05, 0.1) is 25.5 Å². The molecule has 7 N–H and O–H groups in total. The van der Waals surface area contributed by atoms with Gasteiger partial charge in [-0.15, -0.1) is 0 Å². The average molecular weight is 326 g/mol. The lowest BCUT2D eigenvalue weighted by atomic mass is 10.1. The van der Waals surface area contributed by atoms with E-state index in [4.69, 9.17) is 10.8 Å². The summed E-state index contributed by atoms with van der Waals surface area (Å²) in [5.74, 6) is -2.96. The second-order valence-corrected chi connectivity index (χ2v) is 4.55. The predicted octanol–water partition coefficient (Wildman–Crippen LogP) is -3.29. The monoisotopic (exact) mass is 326 g/mol. The molecule has 11 heteroatoms. The van der Waals surface area contributed by atoms with Gasteiger partial charge in [0, 0.05) is 18.3 Å². The Morgan fingerprint density at radius 2 is 1.74 bits per heavy atom.